The molecule has 2 aromatic rings. The molecule has 6 heteroatoms. The molecule has 0 radical (unpaired) electrons. The molecule has 0 fully saturated rings. The van der Waals surface area contributed by atoms with Crippen molar-refractivity contribution in [3.63, 3.8) is 0 Å². The molecule has 0 amide bonds. The largest absolute Gasteiger partial charge is 0.439 e. The fourth-order valence-electron chi connectivity index (χ4n) is 1.29. The maximum absolute atomic E-state index is 5.78. The van der Waals surface area contributed by atoms with Crippen LogP contribution >= 0.6 is 11.6 Å². The quantitative estimate of drug-likeness (QED) is 0.647. The SMILES string of the molecule is Cc1nc(NN)cc(Oc2ccc(Cl)cc2)n1. The van der Waals surface area contributed by atoms with E-state index in [0.717, 1.165) is 0 Å². The molecule has 0 atom stereocenters. The number of nitrogens with two attached hydrogens (primary N) is 1. The minimum Gasteiger partial charge on any atom is -0.439 e. The summed E-state index contributed by atoms with van der Waals surface area (Å²) in [4.78, 5) is 8.20. The molecule has 0 aliphatic carbocycles. The maximum atomic E-state index is 5.78. The van der Waals surface area contributed by atoms with Crippen molar-refractivity contribution in [2.45, 2.75) is 6.92 Å². The van der Waals surface area contributed by atoms with Gasteiger partial charge in [0.2, 0.25) is 5.88 Å². The van der Waals surface area contributed by atoms with E-state index >= 15 is 0 Å². The summed E-state index contributed by atoms with van der Waals surface area (Å²) in [5.41, 5.74) is 2.45. The Morgan fingerprint density at radius 2 is 1.94 bits per heavy atom. The van der Waals surface area contributed by atoms with E-state index in [2.05, 4.69) is 15.4 Å². The molecule has 0 saturated carbocycles. The molecule has 3 N–H and O–H groups in total. The molecule has 88 valence electrons. The van der Waals surface area contributed by atoms with E-state index in [-0.39, 0.29) is 0 Å². The fourth-order valence-corrected chi connectivity index (χ4v) is 1.42. The number of benzene rings is 1. The van der Waals surface area contributed by atoms with Crippen molar-refractivity contribution in [3.8, 4) is 11.6 Å². The number of hydrogen-bond acceptors (Lipinski definition) is 5. The lowest BCUT2D eigenvalue weighted by atomic mass is 10.3. The van der Waals surface area contributed by atoms with Crippen LogP contribution in [0, 0.1) is 6.92 Å². The number of aryl methyl sites for hydroxylation is 1. The van der Waals surface area contributed by atoms with Gasteiger partial charge in [-0.3, -0.25) is 0 Å². The number of nitrogens with zero attached hydrogens (tertiary/aromatic N) is 2. The Bertz CT molecular complexity index is 515. The molecule has 0 bridgehead atoms. The number of halogens is 1. The second-order valence-electron chi connectivity index (χ2n) is 3.34. The summed E-state index contributed by atoms with van der Waals surface area (Å²) in [6, 6.07) is 8.62. The van der Waals surface area contributed by atoms with Gasteiger partial charge in [-0.1, -0.05) is 11.6 Å². The zero-order valence-electron chi connectivity index (χ0n) is 9.14. The average molecular weight is 251 g/mol. The van der Waals surface area contributed by atoms with Crippen LogP contribution in [0.25, 0.3) is 0 Å². The molecular weight excluding hydrogens is 240 g/mol. The molecule has 2 rings (SSSR count). The molecule has 1 aromatic heterocycles. The summed E-state index contributed by atoms with van der Waals surface area (Å²) in [7, 11) is 0. The summed E-state index contributed by atoms with van der Waals surface area (Å²) in [5.74, 6) is 7.43. The molecule has 17 heavy (non-hydrogen) atoms. The molecule has 1 heterocycles. The van der Waals surface area contributed by atoms with Crippen LogP contribution in [-0.2, 0) is 0 Å². The van der Waals surface area contributed by atoms with Crippen molar-refractivity contribution in [3.05, 3.63) is 41.2 Å². The van der Waals surface area contributed by atoms with Crippen LogP contribution in [0.4, 0.5) is 5.82 Å². The lowest BCUT2D eigenvalue weighted by molar-refractivity contribution is 0.460. The molecule has 0 unspecified atom stereocenters. The summed E-state index contributed by atoms with van der Waals surface area (Å²) < 4.78 is 5.55. The Labute approximate surface area is 104 Å². The summed E-state index contributed by atoms with van der Waals surface area (Å²) in [5, 5.41) is 0.653. The van der Waals surface area contributed by atoms with E-state index in [1.165, 1.54) is 0 Å². The Kier molecular flexibility index (Phi) is 3.41. The molecule has 0 spiro atoms. The molecule has 0 aliphatic heterocycles. The van der Waals surface area contributed by atoms with Gasteiger partial charge in [-0.2, -0.15) is 4.98 Å². The highest BCUT2D eigenvalue weighted by Crippen LogP contribution is 2.22. The number of rotatable bonds is 3. The number of nitrogens with one attached hydrogen (secondary N) is 1. The van der Waals surface area contributed by atoms with Crippen molar-refractivity contribution in [1.29, 1.82) is 0 Å². The lowest BCUT2D eigenvalue weighted by Crippen LogP contribution is -2.09. The molecule has 1 aromatic carbocycles. The van der Waals surface area contributed by atoms with Crippen molar-refractivity contribution in [2.24, 2.45) is 5.84 Å². The first-order valence-electron chi connectivity index (χ1n) is 4.93. The number of aromatic nitrogens is 2. The first-order chi connectivity index (χ1) is 8.17. The van der Waals surface area contributed by atoms with E-state index in [1.54, 1.807) is 37.3 Å². The zero-order valence-corrected chi connectivity index (χ0v) is 9.90. The maximum Gasteiger partial charge on any atom is 0.224 e. The van der Waals surface area contributed by atoms with Crippen LogP contribution in [0.3, 0.4) is 0 Å². The topological polar surface area (TPSA) is 73.1 Å². The highest BCUT2D eigenvalue weighted by molar-refractivity contribution is 6.30. The van der Waals surface area contributed by atoms with Crippen molar-refractivity contribution < 1.29 is 4.74 Å². The Balaban J connectivity index is 2.23. The third-order valence-corrected chi connectivity index (χ3v) is 2.25. The fraction of sp³-hybridized carbons (Fsp3) is 0.0909. The van der Waals surface area contributed by atoms with Crippen molar-refractivity contribution in [2.75, 3.05) is 5.43 Å². The average Bonchev–Trinajstić information content (AvgIpc) is 2.31. The number of hydrogen-bond donors (Lipinski definition) is 2. The second-order valence-corrected chi connectivity index (χ2v) is 3.78. The Hall–Kier alpha value is -1.85. The van der Waals surface area contributed by atoms with Crippen LogP contribution < -0.4 is 16.0 Å². The van der Waals surface area contributed by atoms with Gasteiger partial charge in [-0.05, 0) is 31.2 Å². The van der Waals surface area contributed by atoms with Crippen molar-refractivity contribution in [1.82, 2.24) is 9.97 Å². The summed E-state index contributed by atoms with van der Waals surface area (Å²) in [6.45, 7) is 1.76. The van der Waals surface area contributed by atoms with Gasteiger partial charge in [0.1, 0.15) is 17.4 Å². The Morgan fingerprint density at radius 1 is 1.24 bits per heavy atom. The van der Waals surface area contributed by atoms with Gasteiger partial charge in [0.15, 0.2) is 0 Å². The smallest absolute Gasteiger partial charge is 0.224 e. The molecular formula is C11H11ClN4O. The van der Waals surface area contributed by atoms with Crippen LogP contribution in [0.1, 0.15) is 5.82 Å². The second kappa shape index (κ2) is 4.99. The number of nitrogen functional groups attached to an aromatic ring is 1. The van der Waals surface area contributed by atoms with E-state index < -0.39 is 0 Å². The normalized spacial score (nSPS) is 10.1. The first kappa shape index (κ1) is 11.6. The van der Waals surface area contributed by atoms with Gasteiger partial charge in [-0.25, -0.2) is 10.8 Å². The zero-order chi connectivity index (χ0) is 12.3. The summed E-state index contributed by atoms with van der Waals surface area (Å²) >= 11 is 5.78. The molecule has 0 aliphatic rings. The summed E-state index contributed by atoms with van der Waals surface area (Å²) in [6.07, 6.45) is 0. The van der Waals surface area contributed by atoms with Gasteiger partial charge in [0, 0.05) is 11.1 Å². The van der Waals surface area contributed by atoms with Gasteiger partial charge >= 0.3 is 0 Å². The number of anilines is 1. The monoisotopic (exact) mass is 250 g/mol. The minimum atomic E-state index is 0.424. The predicted molar refractivity (Wildman–Crippen MR) is 66.1 cm³/mol. The van der Waals surface area contributed by atoms with Gasteiger partial charge in [-0.15, -0.1) is 0 Å². The molecule has 0 saturated heterocycles. The van der Waals surface area contributed by atoms with E-state index in [4.69, 9.17) is 22.2 Å². The Morgan fingerprint density at radius 3 is 2.59 bits per heavy atom. The standard InChI is InChI=1S/C11H11ClN4O/c1-7-14-10(16-13)6-11(15-7)17-9-4-2-8(12)3-5-9/h2-6H,13H2,1H3,(H,14,15,16). The van der Waals surface area contributed by atoms with E-state index in [1.807, 2.05) is 0 Å². The van der Waals surface area contributed by atoms with E-state index in [0.29, 0.717) is 28.3 Å². The lowest BCUT2D eigenvalue weighted by Gasteiger charge is -2.07. The van der Waals surface area contributed by atoms with Crippen LogP contribution in [0.15, 0.2) is 30.3 Å². The third kappa shape index (κ3) is 3.05. The third-order valence-electron chi connectivity index (χ3n) is 2.00. The van der Waals surface area contributed by atoms with Crippen LogP contribution in [0.2, 0.25) is 5.02 Å². The predicted octanol–water partition coefficient (Wildman–Crippen LogP) is 2.52. The minimum absolute atomic E-state index is 0.424. The van der Waals surface area contributed by atoms with Crippen LogP contribution in [-0.4, -0.2) is 9.97 Å². The van der Waals surface area contributed by atoms with Crippen molar-refractivity contribution >= 4 is 17.4 Å². The van der Waals surface area contributed by atoms with Gasteiger partial charge in [0.25, 0.3) is 0 Å². The van der Waals surface area contributed by atoms with Crippen LogP contribution in [0.5, 0.6) is 11.6 Å². The highest BCUT2D eigenvalue weighted by Gasteiger charge is 2.03. The van der Waals surface area contributed by atoms with Gasteiger partial charge < -0.3 is 10.2 Å². The first-order valence-corrected chi connectivity index (χ1v) is 5.31. The highest BCUT2D eigenvalue weighted by atomic mass is 35.5. The van der Waals surface area contributed by atoms with Gasteiger partial charge in [0.05, 0.1) is 0 Å². The number of hydrazine groups is 1. The molecule has 5 nitrogen and oxygen atoms in total. The number of ether oxygens (including phenoxy) is 1. The van der Waals surface area contributed by atoms with E-state index in [9.17, 15) is 0 Å².